The number of nitrogens with two attached hydrogens (primary N) is 1. The van der Waals surface area contributed by atoms with Crippen LogP contribution in [0.15, 0.2) is 0 Å². The molecule has 0 aromatic heterocycles. The normalized spacial score (nSPS) is 32.9. The van der Waals surface area contributed by atoms with Crippen molar-refractivity contribution in [2.75, 3.05) is 19.8 Å². The molecule has 2 aliphatic rings. The molecule has 0 bridgehead atoms. The van der Waals surface area contributed by atoms with Crippen molar-refractivity contribution in [1.29, 1.82) is 0 Å². The first kappa shape index (κ1) is 13.6. The summed E-state index contributed by atoms with van der Waals surface area (Å²) in [5, 5.41) is 0. The highest BCUT2D eigenvalue weighted by atomic mass is 16.6. The van der Waals surface area contributed by atoms with Gasteiger partial charge in [0.15, 0.2) is 0 Å². The number of carbonyl (C=O) groups is 1. The van der Waals surface area contributed by atoms with Gasteiger partial charge in [-0.25, -0.2) is 4.79 Å². The molecule has 0 aliphatic carbocycles. The summed E-state index contributed by atoms with van der Waals surface area (Å²) in [6.07, 6.45) is 1.47. The standard InChI is InChI=1S/C13H24N2O3/c1-13(2,3)18-12(16)15-6-4-10(14)9-8-17-7-5-11(9)15/h9-11H,4-8,14H2,1-3H3. The maximum Gasteiger partial charge on any atom is 0.410 e. The van der Waals surface area contributed by atoms with Crippen molar-refractivity contribution in [3.05, 3.63) is 0 Å². The molecule has 3 atom stereocenters. The number of ether oxygens (including phenoxy) is 2. The zero-order valence-corrected chi connectivity index (χ0v) is 11.5. The van der Waals surface area contributed by atoms with Crippen LogP contribution < -0.4 is 5.73 Å². The van der Waals surface area contributed by atoms with Crippen LogP contribution in [-0.2, 0) is 9.47 Å². The van der Waals surface area contributed by atoms with E-state index in [1.165, 1.54) is 0 Å². The number of hydrogen-bond acceptors (Lipinski definition) is 4. The van der Waals surface area contributed by atoms with Crippen molar-refractivity contribution in [3.8, 4) is 0 Å². The zero-order chi connectivity index (χ0) is 13.3. The Hall–Kier alpha value is -0.810. The van der Waals surface area contributed by atoms with E-state index >= 15 is 0 Å². The fourth-order valence-corrected chi connectivity index (χ4v) is 2.76. The van der Waals surface area contributed by atoms with Crippen LogP contribution in [0.25, 0.3) is 0 Å². The van der Waals surface area contributed by atoms with Crippen molar-refractivity contribution in [2.45, 2.75) is 51.3 Å². The molecule has 2 aliphatic heterocycles. The minimum Gasteiger partial charge on any atom is -0.444 e. The van der Waals surface area contributed by atoms with E-state index in [-0.39, 0.29) is 24.1 Å². The second-order valence-electron chi connectivity index (χ2n) is 6.22. The van der Waals surface area contributed by atoms with Crippen LogP contribution >= 0.6 is 0 Å². The number of carbonyl (C=O) groups excluding carboxylic acids is 1. The first-order valence-corrected chi connectivity index (χ1v) is 6.71. The summed E-state index contributed by atoms with van der Waals surface area (Å²) in [4.78, 5) is 14.0. The molecule has 2 saturated heterocycles. The Morgan fingerprint density at radius 1 is 1.39 bits per heavy atom. The molecule has 5 heteroatoms. The minimum atomic E-state index is -0.447. The van der Waals surface area contributed by atoms with E-state index in [2.05, 4.69) is 0 Å². The van der Waals surface area contributed by atoms with E-state index in [1.54, 1.807) is 0 Å². The van der Waals surface area contributed by atoms with Gasteiger partial charge in [0, 0.05) is 31.2 Å². The van der Waals surface area contributed by atoms with Gasteiger partial charge in [-0.3, -0.25) is 0 Å². The van der Waals surface area contributed by atoms with Crippen LogP contribution in [0.1, 0.15) is 33.6 Å². The van der Waals surface area contributed by atoms with Gasteiger partial charge in [0.05, 0.1) is 6.61 Å². The van der Waals surface area contributed by atoms with E-state index in [1.807, 2.05) is 25.7 Å². The molecule has 5 nitrogen and oxygen atoms in total. The predicted molar refractivity (Wildman–Crippen MR) is 68.2 cm³/mol. The van der Waals surface area contributed by atoms with Crippen molar-refractivity contribution >= 4 is 6.09 Å². The lowest BCUT2D eigenvalue weighted by Gasteiger charge is -2.46. The largest absolute Gasteiger partial charge is 0.444 e. The van der Waals surface area contributed by atoms with Crippen LogP contribution in [0.3, 0.4) is 0 Å². The summed E-state index contributed by atoms with van der Waals surface area (Å²) in [6.45, 7) is 7.72. The van der Waals surface area contributed by atoms with Gasteiger partial charge in [-0.2, -0.15) is 0 Å². The highest BCUT2D eigenvalue weighted by Crippen LogP contribution is 2.30. The van der Waals surface area contributed by atoms with Crippen LogP contribution in [0, 0.1) is 5.92 Å². The van der Waals surface area contributed by atoms with E-state index in [9.17, 15) is 4.79 Å². The molecule has 1 amide bonds. The molecule has 104 valence electrons. The van der Waals surface area contributed by atoms with Gasteiger partial charge >= 0.3 is 6.09 Å². The number of hydrogen-bond donors (Lipinski definition) is 1. The van der Waals surface area contributed by atoms with Crippen LogP contribution in [0.4, 0.5) is 4.79 Å². The van der Waals surface area contributed by atoms with E-state index in [4.69, 9.17) is 15.2 Å². The number of piperidine rings is 1. The lowest BCUT2D eigenvalue weighted by atomic mass is 9.83. The highest BCUT2D eigenvalue weighted by molar-refractivity contribution is 5.68. The number of rotatable bonds is 0. The Balaban J connectivity index is 2.05. The Morgan fingerprint density at radius 2 is 2.11 bits per heavy atom. The Kier molecular flexibility index (Phi) is 3.82. The van der Waals surface area contributed by atoms with Crippen molar-refractivity contribution in [3.63, 3.8) is 0 Å². The number of nitrogens with zero attached hydrogens (tertiary/aromatic N) is 1. The van der Waals surface area contributed by atoms with Gasteiger partial charge in [-0.05, 0) is 33.6 Å². The lowest BCUT2D eigenvalue weighted by molar-refractivity contribution is -0.0534. The third kappa shape index (κ3) is 2.95. The Labute approximate surface area is 109 Å². The molecular formula is C13H24N2O3. The topological polar surface area (TPSA) is 64.8 Å². The van der Waals surface area contributed by atoms with Gasteiger partial charge in [0.25, 0.3) is 0 Å². The fourth-order valence-electron chi connectivity index (χ4n) is 2.76. The molecular weight excluding hydrogens is 232 g/mol. The van der Waals surface area contributed by atoms with E-state index in [0.29, 0.717) is 19.8 Å². The monoisotopic (exact) mass is 256 g/mol. The van der Waals surface area contributed by atoms with Crippen LogP contribution in [-0.4, -0.2) is 48.4 Å². The van der Waals surface area contributed by atoms with Crippen LogP contribution in [0.2, 0.25) is 0 Å². The molecule has 2 rings (SSSR count). The van der Waals surface area contributed by atoms with E-state index in [0.717, 1.165) is 12.8 Å². The molecule has 0 spiro atoms. The average molecular weight is 256 g/mol. The number of likely N-dealkylation sites (tertiary alicyclic amines) is 1. The maximum atomic E-state index is 12.2. The second-order valence-corrected chi connectivity index (χ2v) is 6.22. The summed E-state index contributed by atoms with van der Waals surface area (Å²) in [7, 11) is 0. The molecule has 0 radical (unpaired) electrons. The van der Waals surface area contributed by atoms with Gasteiger partial charge in [0.2, 0.25) is 0 Å². The Bertz CT molecular complexity index is 314. The summed E-state index contributed by atoms with van der Waals surface area (Å²) in [5.41, 5.74) is 5.67. The third-order valence-corrected chi connectivity index (χ3v) is 3.64. The number of amides is 1. The lowest BCUT2D eigenvalue weighted by Crippen LogP contribution is -2.59. The van der Waals surface area contributed by atoms with Gasteiger partial charge < -0.3 is 20.1 Å². The highest BCUT2D eigenvalue weighted by Gasteiger charge is 2.41. The predicted octanol–water partition coefficient (Wildman–Crippen LogP) is 1.36. The first-order valence-electron chi connectivity index (χ1n) is 6.71. The zero-order valence-electron chi connectivity index (χ0n) is 11.5. The second kappa shape index (κ2) is 5.05. The van der Waals surface area contributed by atoms with E-state index < -0.39 is 5.60 Å². The van der Waals surface area contributed by atoms with Gasteiger partial charge in [-0.15, -0.1) is 0 Å². The van der Waals surface area contributed by atoms with Crippen molar-refractivity contribution in [2.24, 2.45) is 11.7 Å². The smallest absolute Gasteiger partial charge is 0.410 e. The third-order valence-electron chi connectivity index (χ3n) is 3.64. The van der Waals surface area contributed by atoms with Gasteiger partial charge in [-0.1, -0.05) is 0 Å². The van der Waals surface area contributed by atoms with Crippen molar-refractivity contribution in [1.82, 2.24) is 4.90 Å². The molecule has 0 saturated carbocycles. The van der Waals surface area contributed by atoms with Crippen molar-refractivity contribution < 1.29 is 14.3 Å². The minimum absolute atomic E-state index is 0.133. The molecule has 2 fully saturated rings. The average Bonchev–Trinajstić information content (AvgIpc) is 2.27. The quantitative estimate of drug-likeness (QED) is 0.710. The molecule has 2 heterocycles. The Morgan fingerprint density at radius 3 is 2.78 bits per heavy atom. The fraction of sp³-hybridized carbons (Fsp3) is 0.923. The molecule has 3 unspecified atom stereocenters. The molecule has 2 N–H and O–H groups in total. The summed E-state index contributed by atoms with van der Waals surface area (Å²) in [5.74, 6) is 0.250. The maximum absolute atomic E-state index is 12.2. The summed E-state index contributed by atoms with van der Waals surface area (Å²) < 4.78 is 10.9. The molecule has 0 aromatic rings. The molecule has 18 heavy (non-hydrogen) atoms. The summed E-state index contributed by atoms with van der Waals surface area (Å²) in [6, 6.07) is 0.311. The van der Waals surface area contributed by atoms with Gasteiger partial charge in [0.1, 0.15) is 5.60 Å². The first-order chi connectivity index (χ1) is 8.38. The molecule has 0 aromatic carbocycles. The summed E-state index contributed by atoms with van der Waals surface area (Å²) >= 11 is 0. The SMILES string of the molecule is CC(C)(C)OC(=O)N1CCC(N)C2COCCC21. The van der Waals surface area contributed by atoms with Crippen LogP contribution in [0.5, 0.6) is 0 Å². The number of fused-ring (bicyclic) bond motifs is 1.